The normalized spacial score (nSPS) is 9.78. The Morgan fingerprint density at radius 3 is 2.94 bits per heavy atom. The van der Waals surface area contributed by atoms with Gasteiger partial charge in [0, 0.05) is 29.9 Å². The van der Waals surface area contributed by atoms with Crippen LogP contribution in [-0.2, 0) is 6.42 Å². The number of nitriles is 1. The third-order valence-corrected chi connectivity index (χ3v) is 2.67. The van der Waals surface area contributed by atoms with Gasteiger partial charge in [-0.1, -0.05) is 17.7 Å². The summed E-state index contributed by atoms with van der Waals surface area (Å²) >= 11 is 5.87. The molecule has 18 heavy (non-hydrogen) atoms. The first kappa shape index (κ1) is 12.4. The lowest BCUT2D eigenvalue weighted by Crippen LogP contribution is -2.02. The van der Waals surface area contributed by atoms with Crippen molar-refractivity contribution in [3.05, 3.63) is 58.9 Å². The number of ether oxygens (including phenoxy) is 1. The minimum absolute atomic E-state index is 0.487. The summed E-state index contributed by atoms with van der Waals surface area (Å²) in [6, 6.07) is 10.9. The second kappa shape index (κ2) is 6.04. The van der Waals surface area contributed by atoms with Gasteiger partial charge in [-0.25, -0.2) is 0 Å². The van der Waals surface area contributed by atoms with Crippen LogP contribution in [0.2, 0.25) is 5.02 Å². The molecule has 0 spiro atoms. The molecule has 0 atom stereocenters. The number of hydrogen-bond acceptors (Lipinski definition) is 3. The van der Waals surface area contributed by atoms with Crippen molar-refractivity contribution < 1.29 is 4.74 Å². The molecule has 0 unspecified atom stereocenters. The third kappa shape index (κ3) is 3.22. The van der Waals surface area contributed by atoms with E-state index in [4.69, 9.17) is 21.6 Å². The molecule has 2 rings (SSSR count). The first-order valence-corrected chi connectivity index (χ1v) is 5.89. The quantitative estimate of drug-likeness (QED) is 0.846. The summed E-state index contributed by atoms with van der Waals surface area (Å²) in [6.45, 7) is 0.487. The summed E-state index contributed by atoms with van der Waals surface area (Å²) in [6.07, 6.45) is 4.27. The van der Waals surface area contributed by atoms with Crippen LogP contribution in [0, 0.1) is 11.3 Å². The van der Waals surface area contributed by atoms with E-state index in [9.17, 15) is 0 Å². The van der Waals surface area contributed by atoms with Crippen LogP contribution in [0.1, 0.15) is 11.1 Å². The Morgan fingerprint density at radius 1 is 1.33 bits per heavy atom. The van der Waals surface area contributed by atoms with Crippen LogP contribution >= 0.6 is 11.6 Å². The minimum atomic E-state index is 0.487. The predicted octanol–water partition coefficient (Wildman–Crippen LogP) is 3.23. The molecule has 1 heterocycles. The largest absolute Gasteiger partial charge is 0.492 e. The molecule has 4 heteroatoms. The molecule has 3 nitrogen and oxygen atoms in total. The maximum atomic E-state index is 8.94. The Bertz CT molecular complexity index is 564. The zero-order chi connectivity index (χ0) is 12.8. The van der Waals surface area contributed by atoms with Gasteiger partial charge in [0.15, 0.2) is 0 Å². The van der Waals surface area contributed by atoms with Gasteiger partial charge < -0.3 is 4.74 Å². The van der Waals surface area contributed by atoms with Gasteiger partial charge in [-0.3, -0.25) is 4.98 Å². The first-order valence-electron chi connectivity index (χ1n) is 5.51. The average Bonchev–Trinajstić information content (AvgIpc) is 2.40. The van der Waals surface area contributed by atoms with Crippen LogP contribution in [0.3, 0.4) is 0 Å². The standard InChI is InChI=1S/C14H11ClN2O/c15-13-4-3-12(9-16)14(8-13)18-7-5-11-2-1-6-17-10-11/h1-4,6,8,10H,5,7H2. The summed E-state index contributed by atoms with van der Waals surface area (Å²) in [5.74, 6) is 0.522. The van der Waals surface area contributed by atoms with Crippen molar-refractivity contribution in [2.24, 2.45) is 0 Å². The van der Waals surface area contributed by atoms with Crippen molar-refractivity contribution in [2.45, 2.75) is 6.42 Å². The van der Waals surface area contributed by atoms with Crippen LogP contribution in [0.4, 0.5) is 0 Å². The molecular weight excluding hydrogens is 248 g/mol. The highest BCUT2D eigenvalue weighted by Gasteiger charge is 2.04. The Kier molecular flexibility index (Phi) is 4.16. The van der Waals surface area contributed by atoms with E-state index in [0.717, 1.165) is 12.0 Å². The van der Waals surface area contributed by atoms with E-state index < -0.39 is 0 Å². The predicted molar refractivity (Wildman–Crippen MR) is 69.6 cm³/mol. The summed E-state index contributed by atoms with van der Waals surface area (Å²) in [5.41, 5.74) is 1.59. The van der Waals surface area contributed by atoms with E-state index in [2.05, 4.69) is 11.1 Å². The number of rotatable bonds is 4. The number of hydrogen-bond donors (Lipinski definition) is 0. The Hall–Kier alpha value is -2.05. The van der Waals surface area contributed by atoms with Crippen molar-refractivity contribution in [3.8, 4) is 11.8 Å². The molecule has 0 bridgehead atoms. The monoisotopic (exact) mass is 258 g/mol. The lowest BCUT2D eigenvalue weighted by molar-refractivity contribution is 0.321. The number of aromatic nitrogens is 1. The topological polar surface area (TPSA) is 45.9 Å². The van der Waals surface area contributed by atoms with Gasteiger partial charge in [-0.05, 0) is 23.8 Å². The summed E-state index contributed by atoms with van der Waals surface area (Å²) in [7, 11) is 0. The summed E-state index contributed by atoms with van der Waals surface area (Å²) < 4.78 is 5.58. The summed E-state index contributed by atoms with van der Waals surface area (Å²) in [5, 5.41) is 9.50. The highest BCUT2D eigenvalue weighted by atomic mass is 35.5. The highest BCUT2D eigenvalue weighted by molar-refractivity contribution is 6.30. The number of benzene rings is 1. The second-order valence-corrected chi connectivity index (χ2v) is 4.15. The Labute approximate surface area is 111 Å². The van der Waals surface area contributed by atoms with E-state index in [1.165, 1.54) is 0 Å². The van der Waals surface area contributed by atoms with Gasteiger partial charge in [0.1, 0.15) is 11.8 Å². The number of halogens is 1. The van der Waals surface area contributed by atoms with Gasteiger partial charge >= 0.3 is 0 Å². The SMILES string of the molecule is N#Cc1ccc(Cl)cc1OCCc1cccnc1. The molecule has 0 radical (unpaired) electrons. The van der Waals surface area contributed by atoms with E-state index in [1.54, 1.807) is 30.6 Å². The maximum absolute atomic E-state index is 8.94. The fraction of sp³-hybridized carbons (Fsp3) is 0.143. The fourth-order valence-electron chi connectivity index (χ4n) is 1.53. The molecule has 1 aromatic heterocycles. The van der Waals surface area contributed by atoms with Crippen molar-refractivity contribution >= 4 is 11.6 Å². The number of nitrogens with zero attached hydrogens (tertiary/aromatic N) is 2. The van der Waals surface area contributed by atoms with Crippen molar-refractivity contribution in [3.63, 3.8) is 0 Å². The van der Waals surface area contributed by atoms with E-state index in [-0.39, 0.29) is 0 Å². The zero-order valence-electron chi connectivity index (χ0n) is 9.64. The average molecular weight is 259 g/mol. The van der Waals surface area contributed by atoms with E-state index >= 15 is 0 Å². The molecule has 0 amide bonds. The lowest BCUT2D eigenvalue weighted by atomic mass is 10.2. The van der Waals surface area contributed by atoms with Gasteiger partial charge in [0.2, 0.25) is 0 Å². The zero-order valence-corrected chi connectivity index (χ0v) is 10.4. The van der Waals surface area contributed by atoms with Crippen molar-refractivity contribution in [2.75, 3.05) is 6.61 Å². The Balaban J connectivity index is 1.98. The van der Waals surface area contributed by atoms with Gasteiger partial charge in [-0.2, -0.15) is 5.26 Å². The van der Waals surface area contributed by atoms with Crippen LogP contribution in [0.25, 0.3) is 0 Å². The van der Waals surface area contributed by atoms with Gasteiger partial charge in [-0.15, -0.1) is 0 Å². The van der Waals surface area contributed by atoms with Crippen molar-refractivity contribution in [1.82, 2.24) is 4.98 Å². The minimum Gasteiger partial charge on any atom is -0.492 e. The fourth-order valence-corrected chi connectivity index (χ4v) is 1.69. The molecule has 0 aliphatic heterocycles. The van der Waals surface area contributed by atoms with Crippen LogP contribution in [0.15, 0.2) is 42.7 Å². The second-order valence-electron chi connectivity index (χ2n) is 3.71. The molecule has 0 aliphatic rings. The lowest BCUT2D eigenvalue weighted by Gasteiger charge is -2.08. The molecular formula is C14H11ClN2O. The van der Waals surface area contributed by atoms with Crippen LogP contribution < -0.4 is 4.74 Å². The molecule has 1 aromatic carbocycles. The maximum Gasteiger partial charge on any atom is 0.138 e. The molecule has 0 fully saturated rings. The molecule has 0 saturated heterocycles. The van der Waals surface area contributed by atoms with Crippen molar-refractivity contribution in [1.29, 1.82) is 5.26 Å². The van der Waals surface area contributed by atoms with Gasteiger partial charge in [0.05, 0.1) is 12.2 Å². The van der Waals surface area contributed by atoms with Gasteiger partial charge in [0.25, 0.3) is 0 Å². The first-order chi connectivity index (χ1) is 8.79. The molecule has 0 aliphatic carbocycles. The molecule has 90 valence electrons. The smallest absolute Gasteiger partial charge is 0.138 e. The Morgan fingerprint density at radius 2 is 2.22 bits per heavy atom. The third-order valence-electron chi connectivity index (χ3n) is 2.44. The van der Waals surface area contributed by atoms with E-state index in [1.807, 2.05) is 12.1 Å². The van der Waals surface area contributed by atoms with Crippen LogP contribution in [0.5, 0.6) is 5.75 Å². The summed E-state index contributed by atoms with van der Waals surface area (Å²) in [4.78, 5) is 4.03. The highest BCUT2D eigenvalue weighted by Crippen LogP contribution is 2.22. The molecule has 2 aromatic rings. The number of pyridine rings is 1. The van der Waals surface area contributed by atoms with Crippen LogP contribution in [-0.4, -0.2) is 11.6 Å². The molecule has 0 N–H and O–H groups in total. The van der Waals surface area contributed by atoms with E-state index in [0.29, 0.717) is 22.9 Å². The molecule has 0 saturated carbocycles.